The molecule has 3 rings (SSSR count). The van der Waals surface area contributed by atoms with E-state index in [1.54, 1.807) is 11.0 Å². The van der Waals surface area contributed by atoms with Crippen LogP contribution in [0.1, 0.15) is 33.6 Å². The van der Waals surface area contributed by atoms with Crippen LogP contribution in [-0.4, -0.2) is 30.4 Å². The lowest BCUT2D eigenvalue weighted by atomic mass is 9.87. The van der Waals surface area contributed by atoms with Crippen molar-refractivity contribution in [1.82, 2.24) is 30.4 Å². The lowest BCUT2D eigenvalue weighted by molar-refractivity contribution is 0.502. The van der Waals surface area contributed by atoms with Gasteiger partial charge in [-0.05, 0) is 47.0 Å². The van der Waals surface area contributed by atoms with Gasteiger partial charge >= 0.3 is 0 Å². The summed E-state index contributed by atoms with van der Waals surface area (Å²) in [4.78, 5) is 0. The summed E-state index contributed by atoms with van der Waals surface area (Å²) in [5, 5.41) is 19.3. The van der Waals surface area contributed by atoms with Crippen LogP contribution in [0.2, 0.25) is 0 Å². The van der Waals surface area contributed by atoms with E-state index in [9.17, 15) is 0 Å². The third-order valence-electron chi connectivity index (χ3n) is 3.69. The van der Waals surface area contributed by atoms with Gasteiger partial charge in [-0.15, -0.1) is 15.3 Å². The third-order valence-corrected chi connectivity index (χ3v) is 3.69. The zero-order chi connectivity index (χ0) is 16.4. The highest BCUT2D eigenvalue weighted by Gasteiger charge is 2.14. The van der Waals surface area contributed by atoms with Crippen LogP contribution in [0, 0.1) is 5.41 Å². The number of hydrogen-bond acceptors (Lipinski definition) is 6. The third kappa shape index (κ3) is 3.33. The van der Waals surface area contributed by atoms with Crippen LogP contribution in [-0.2, 0) is 0 Å². The van der Waals surface area contributed by atoms with Crippen molar-refractivity contribution < 1.29 is 4.42 Å². The maximum atomic E-state index is 5.72. The summed E-state index contributed by atoms with van der Waals surface area (Å²) in [6, 6.07) is 7.58. The molecule has 0 aliphatic heterocycles. The normalized spacial score (nSPS) is 12.6. The van der Waals surface area contributed by atoms with Crippen molar-refractivity contribution in [1.29, 1.82) is 0 Å². The smallest absolute Gasteiger partial charge is 0.248 e. The lowest BCUT2D eigenvalue weighted by Gasteiger charge is -2.18. The first-order chi connectivity index (χ1) is 10.9. The largest absolute Gasteiger partial charge is 0.417 e. The maximum Gasteiger partial charge on any atom is 0.248 e. The zero-order valence-corrected chi connectivity index (χ0v) is 13.6. The molecule has 2 heterocycles. The van der Waals surface area contributed by atoms with E-state index in [-0.39, 0.29) is 5.41 Å². The Morgan fingerprint density at radius 3 is 2.48 bits per heavy atom. The van der Waals surface area contributed by atoms with Crippen LogP contribution in [0.4, 0.5) is 0 Å². The molecule has 0 amide bonds. The quantitative estimate of drug-likeness (QED) is 0.739. The van der Waals surface area contributed by atoms with Crippen LogP contribution < -0.4 is 0 Å². The first-order valence-electron chi connectivity index (χ1n) is 7.29. The van der Waals surface area contributed by atoms with Gasteiger partial charge in [-0.1, -0.05) is 26.3 Å². The molecule has 0 aliphatic rings. The summed E-state index contributed by atoms with van der Waals surface area (Å²) in [6.45, 7) is 8.50. The zero-order valence-electron chi connectivity index (χ0n) is 13.6. The van der Waals surface area contributed by atoms with Crippen molar-refractivity contribution in [3.8, 4) is 17.1 Å². The Balaban J connectivity index is 1.83. The molecule has 0 saturated heterocycles. The van der Waals surface area contributed by atoms with Gasteiger partial charge in [0, 0.05) is 11.6 Å². The second kappa shape index (κ2) is 5.75. The molecule has 0 fully saturated rings. The van der Waals surface area contributed by atoms with Crippen molar-refractivity contribution in [2.75, 3.05) is 0 Å². The summed E-state index contributed by atoms with van der Waals surface area (Å²) >= 11 is 0. The topological polar surface area (TPSA) is 82.5 Å². The first kappa shape index (κ1) is 15.1. The van der Waals surface area contributed by atoms with Gasteiger partial charge in [0.25, 0.3) is 0 Å². The molecule has 23 heavy (non-hydrogen) atoms. The average Bonchev–Trinajstić information content (AvgIpc) is 3.18. The predicted molar refractivity (Wildman–Crippen MR) is 85.6 cm³/mol. The van der Waals surface area contributed by atoms with Crippen molar-refractivity contribution >= 4 is 6.08 Å². The number of tetrazole rings is 1. The van der Waals surface area contributed by atoms with Gasteiger partial charge in [-0.3, -0.25) is 0 Å². The maximum absolute atomic E-state index is 5.72. The molecule has 3 aromatic rings. The molecular formula is C16H18N6O. The van der Waals surface area contributed by atoms with Crippen molar-refractivity contribution in [2.45, 2.75) is 27.7 Å². The van der Waals surface area contributed by atoms with Gasteiger partial charge in [-0.25, -0.2) is 4.68 Å². The standard InChI is InChI=1S/C16H18N6O/c1-11(16(2,3)4)9-14-18-19-15(23-14)12-5-7-13(8-6-12)22-10-17-20-21-22/h5-10H,1-4H3/b11-9+. The summed E-state index contributed by atoms with van der Waals surface area (Å²) in [7, 11) is 0. The Labute approximate surface area is 134 Å². The molecule has 0 bridgehead atoms. The number of benzene rings is 1. The average molecular weight is 310 g/mol. The number of rotatable bonds is 3. The molecule has 1 aromatic carbocycles. The van der Waals surface area contributed by atoms with E-state index in [4.69, 9.17) is 4.42 Å². The van der Waals surface area contributed by atoms with E-state index < -0.39 is 0 Å². The Hall–Kier alpha value is -2.83. The lowest BCUT2D eigenvalue weighted by Crippen LogP contribution is -2.05. The fourth-order valence-corrected chi connectivity index (χ4v) is 1.85. The van der Waals surface area contributed by atoms with E-state index in [1.165, 1.54) is 5.57 Å². The second-order valence-electron chi connectivity index (χ2n) is 6.32. The number of aromatic nitrogens is 6. The van der Waals surface area contributed by atoms with Crippen LogP contribution >= 0.6 is 0 Å². The molecule has 7 nitrogen and oxygen atoms in total. The van der Waals surface area contributed by atoms with Crippen LogP contribution in [0.25, 0.3) is 23.2 Å². The second-order valence-corrected chi connectivity index (χ2v) is 6.32. The van der Waals surface area contributed by atoms with Gasteiger partial charge in [0.05, 0.1) is 5.69 Å². The molecule has 0 unspecified atom stereocenters. The summed E-state index contributed by atoms with van der Waals surface area (Å²) < 4.78 is 7.30. The van der Waals surface area contributed by atoms with Gasteiger partial charge in [0.2, 0.25) is 11.8 Å². The van der Waals surface area contributed by atoms with Gasteiger partial charge < -0.3 is 4.42 Å². The minimum atomic E-state index is 0.0715. The van der Waals surface area contributed by atoms with Crippen molar-refractivity contribution in [3.63, 3.8) is 0 Å². The van der Waals surface area contributed by atoms with Crippen molar-refractivity contribution in [3.05, 3.63) is 42.1 Å². The Bertz CT molecular complexity index is 809. The van der Waals surface area contributed by atoms with Gasteiger partial charge in [0.1, 0.15) is 6.33 Å². The molecule has 0 N–H and O–H groups in total. The molecule has 0 radical (unpaired) electrons. The minimum Gasteiger partial charge on any atom is -0.417 e. The highest BCUT2D eigenvalue weighted by atomic mass is 16.4. The fraction of sp³-hybridized carbons (Fsp3) is 0.312. The van der Waals surface area contributed by atoms with Gasteiger partial charge in [0.15, 0.2) is 0 Å². The molecule has 2 aromatic heterocycles. The van der Waals surface area contributed by atoms with Crippen molar-refractivity contribution in [2.24, 2.45) is 5.41 Å². The van der Waals surface area contributed by atoms with E-state index >= 15 is 0 Å². The molecule has 0 atom stereocenters. The summed E-state index contributed by atoms with van der Waals surface area (Å²) in [5.74, 6) is 0.998. The van der Waals surface area contributed by atoms with Gasteiger partial charge in [-0.2, -0.15) is 0 Å². The Kier molecular flexibility index (Phi) is 3.77. The molecule has 0 aliphatic carbocycles. The summed E-state index contributed by atoms with van der Waals surface area (Å²) in [6.07, 6.45) is 3.46. The van der Waals surface area contributed by atoms with E-state index in [0.29, 0.717) is 11.8 Å². The number of hydrogen-bond donors (Lipinski definition) is 0. The molecule has 118 valence electrons. The highest BCUT2D eigenvalue weighted by molar-refractivity contribution is 5.56. The van der Waals surface area contributed by atoms with E-state index in [1.807, 2.05) is 30.3 Å². The molecule has 0 spiro atoms. The van der Waals surface area contributed by atoms with Crippen LogP contribution in [0.5, 0.6) is 0 Å². The monoisotopic (exact) mass is 310 g/mol. The first-order valence-corrected chi connectivity index (χ1v) is 7.29. The highest BCUT2D eigenvalue weighted by Crippen LogP contribution is 2.27. The van der Waals surface area contributed by atoms with E-state index in [0.717, 1.165) is 11.3 Å². The molecule has 0 saturated carbocycles. The van der Waals surface area contributed by atoms with Crippen LogP contribution in [0.3, 0.4) is 0 Å². The number of allylic oxidation sites excluding steroid dienone is 1. The fourth-order valence-electron chi connectivity index (χ4n) is 1.85. The molecule has 7 heteroatoms. The predicted octanol–water partition coefficient (Wildman–Crippen LogP) is 3.16. The van der Waals surface area contributed by atoms with E-state index in [2.05, 4.69) is 53.4 Å². The molecular weight excluding hydrogens is 292 g/mol. The summed E-state index contributed by atoms with van der Waals surface area (Å²) in [5.41, 5.74) is 2.97. The minimum absolute atomic E-state index is 0.0715. The SMILES string of the molecule is C/C(=C\c1nnc(-c2ccc(-n3cnnn3)cc2)o1)C(C)(C)C. The Morgan fingerprint density at radius 1 is 1.13 bits per heavy atom. The Morgan fingerprint density at radius 2 is 1.87 bits per heavy atom. The van der Waals surface area contributed by atoms with Crippen LogP contribution in [0.15, 0.2) is 40.6 Å². The number of nitrogens with zero attached hydrogens (tertiary/aromatic N) is 6.